The van der Waals surface area contributed by atoms with Crippen LogP contribution in [0.5, 0.6) is 0 Å². The molecule has 0 aromatic carbocycles. The molecule has 654 valence electrons. The van der Waals surface area contributed by atoms with Gasteiger partial charge < -0.3 is 33.8 Å². The Morgan fingerprint density at radius 3 is 0.618 bits per heavy atom. The third kappa shape index (κ3) is 84.0. The van der Waals surface area contributed by atoms with E-state index in [0.29, 0.717) is 25.7 Å². The van der Waals surface area contributed by atoms with E-state index in [0.717, 1.165) is 108 Å². The number of ether oxygens (including phenoxy) is 4. The second-order valence-electron chi connectivity index (χ2n) is 34.1. The smallest absolute Gasteiger partial charge is 0.462 e. The zero-order chi connectivity index (χ0) is 80.8. The van der Waals surface area contributed by atoms with Gasteiger partial charge in [-0.3, -0.25) is 37.3 Å². The maximum absolute atomic E-state index is 13.2. The van der Waals surface area contributed by atoms with E-state index in [1.54, 1.807) is 0 Å². The predicted molar refractivity (Wildman–Crippen MR) is 455 cm³/mol. The summed E-state index contributed by atoms with van der Waals surface area (Å²) in [7, 11) is -9.94. The average Bonchev–Trinajstić information content (AvgIpc) is 0.897. The molecule has 0 aromatic rings. The molecule has 0 heterocycles. The molecular formula is C91H178O17P2. The summed E-state index contributed by atoms with van der Waals surface area (Å²) >= 11 is 0. The number of carbonyl (C=O) groups excluding carboxylic acids is 4. The van der Waals surface area contributed by atoms with E-state index in [4.69, 9.17) is 37.0 Å². The normalized spacial score (nSPS) is 13.8. The van der Waals surface area contributed by atoms with Gasteiger partial charge in [-0.05, 0) is 43.4 Å². The van der Waals surface area contributed by atoms with Crippen molar-refractivity contribution in [2.75, 3.05) is 39.6 Å². The summed E-state index contributed by atoms with van der Waals surface area (Å²) < 4.78 is 69.1. The van der Waals surface area contributed by atoms with Crippen LogP contribution in [0.25, 0.3) is 0 Å². The van der Waals surface area contributed by atoms with Crippen molar-refractivity contribution in [3.05, 3.63) is 0 Å². The van der Waals surface area contributed by atoms with E-state index in [1.165, 1.54) is 295 Å². The third-order valence-corrected chi connectivity index (χ3v) is 23.3. The number of hydrogen-bond acceptors (Lipinski definition) is 15. The number of aliphatic hydroxyl groups excluding tert-OH is 1. The molecule has 19 heteroatoms. The number of phosphoric ester groups is 2. The summed E-state index contributed by atoms with van der Waals surface area (Å²) in [4.78, 5) is 73.4. The topological polar surface area (TPSA) is 237 Å². The van der Waals surface area contributed by atoms with Gasteiger partial charge in [0.2, 0.25) is 0 Å². The molecule has 0 amide bonds. The van der Waals surface area contributed by atoms with E-state index < -0.39 is 97.5 Å². The predicted octanol–water partition coefficient (Wildman–Crippen LogP) is 28.0. The van der Waals surface area contributed by atoms with Crippen molar-refractivity contribution < 1.29 is 80.2 Å². The van der Waals surface area contributed by atoms with Crippen LogP contribution >= 0.6 is 15.6 Å². The SMILES string of the molecule is CCCCCCCCCCCCCCCCCCCCCCCC(=O)OC[C@H](COP(=O)(O)OC[C@@H](O)COP(=O)(O)OC[C@@H](COC(=O)CCCCCCCCCCCC(C)C)OC(=O)CCCCCCCCCCCCCCCC(C)C)OC(=O)CCCCCCCCCCCCCCCCCCCCC(C)C. The minimum atomic E-state index is -4.97. The van der Waals surface area contributed by atoms with Crippen LogP contribution in [0.1, 0.15) is 485 Å². The lowest BCUT2D eigenvalue weighted by atomic mass is 10.0. The van der Waals surface area contributed by atoms with Crippen molar-refractivity contribution in [1.29, 1.82) is 0 Å². The molecule has 0 aromatic heterocycles. The number of hydrogen-bond donors (Lipinski definition) is 3. The van der Waals surface area contributed by atoms with Gasteiger partial charge in [0.25, 0.3) is 0 Å². The van der Waals surface area contributed by atoms with Gasteiger partial charge in [0, 0.05) is 25.7 Å². The molecule has 0 spiro atoms. The van der Waals surface area contributed by atoms with Crippen LogP contribution in [0.4, 0.5) is 0 Å². The Morgan fingerprint density at radius 1 is 0.245 bits per heavy atom. The quantitative estimate of drug-likeness (QED) is 0.0222. The molecule has 0 saturated carbocycles. The van der Waals surface area contributed by atoms with Crippen molar-refractivity contribution in [2.24, 2.45) is 17.8 Å². The summed E-state index contributed by atoms with van der Waals surface area (Å²) in [5.74, 6) is 0.251. The van der Waals surface area contributed by atoms with Crippen molar-refractivity contribution >= 4 is 39.5 Å². The van der Waals surface area contributed by atoms with E-state index in [2.05, 4.69) is 48.5 Å². The minimum absolute atomic E-state index is 0.107. The average molecular weight is 1610 g/mol. The molecule has 5 atom stereocenters. The molecule has 0 bridgehead atoms. The third-order valence-electron chi connectivity index (χ3n) is 21.4. The van der Waals surface area contributed by atoms with E-state index in [9.17, 15) is 43.2 Å². The largest absolute Gasteiger partial charge is 0.472 e. The highest BCUT2D eigenvalue weighted by Crippen LogP contribution is 2.45. The summed E-state index contributed by atoms with van der Waals surface area (Å²) in [6.07, 6.45) is 73.7. The number of aliphatic hydroxyl groups is 1. The molecular weight excluding hydrogens is 1430 g/mol. The Balaban J connectivity index is 5.24. The fraction of sp³-hybridized carbons (Fsp3) is 0.956. The Bertz CT molecular complexity index is 2110. The zero-order valence-corrected chi connectivity index (χ0v) is 74.5. The van der Waals surface area contributed by atoms with Gasteiger partial charge >= 0.3 is 39.5 Å². The van der Waals surface area contributed by atoms with Gasteiger partial charge in [-0.2, -0.15) is 0 Å². The first-order chi connectivity index (χ1) is 53.2. The number of rotatable bonds is 89. The van der Waals surface area contributed by atoms with Gasteiger partial charge in [0.15, 0.2) is 12.2 Å². The highest BCUT2D eigenvalue weighted by molar-refractivity contribution is 7.47. The summed E-state index contributed by atoms with van der Waals surface area (Å²) in [6, 6.07) is 0. The molecule has 0 aliphatic carbocycles. The number of esters is 4. The molecule has 3 N–H and O–H groups in total. The monoisotopic (exact) mass is 1610 g/mol. The van der Waals surface area contributed by atoms with Crippen molar-refractivity contribution in [1.82, 2.24) is 0 Å². The first kappa shape index (κ1) is 108. The van der Waals surface area contributed by atoms with Crippen LogP contribution in [-0.2, 0) is 65.4 Å². The van der Waals surface area contributed by atoms with E-state index >= 15 is 0 Å². The van der Waals surface area contributed by atoms with Crippen LogP contribution in [0.15, 0.2) is 0 Å². The summed E-state index contributed by atoms with van der Waals surface area (Å²) in [5.41, 5.74) is 0. The maximum atomic E-state index is 13.2. The lowest BCUT2D eigenvalue weighted by Crippen LogP contribution is -2.30. The molecule has 0 radical (unpaired) electrons. The molecule has 0 saturated heterocycles. The molecule has 0 rings (SSSR count). The molecule has 0 aliphatic rings. The second-order valence-corrected chi connectivity index (χ2v) is 37.0. The first-order valence-electron chi connectivity index (χ1n) is 46.8. The van der Waals surface area contributed by atoms with Crippen molar-refractivity contribution in [3.8, 4) is 0 Å². The van der Waals surface area contributed by atoms with Crippen LogP contribution < -0.4 is 0 Å². The van der Waals surface area contributed by atoms with Crippen LogP contribution in [0.3, 0.4) is 0 Å². The number of phosphoric acid groups is 2. The Kier molecular flexibility index (Phi) is 79.4. The lowest BCUT2D eigenvalue weighted by Gasteiger charge is -2.21. The molecule has 110 heavy (non-hydrogen) atoms. The molecule has 17 nitrogen and oxygen atoms in total. The van der Waals surface area contributed by atoms with E-state index in [-0.39, 0.29) is 25.7 Å². The highest BCUT2D eigenvalue weighted by Gasteiger charge is 2.31. The van der Waals surface area contributed by atoms with Gasteiger partial charge in [0.05, 0.1) is 26.4 Å². The molecule has 0 aliphatic heterocycles. The Labute approximate surface area is 677 Å². The number of carbonyl (C=O) groups is 4. The Morgan fingerprint density at radius 2 is 0.418 bits per heavy atom. The van der Waals surface area contributed by atoms with Crippen LogP contribution in [-0.4, -0.2) is 96.7 Å². The number of unbranched alkanes of at least 4 members (excludes halogenated alkanes) is 57. The summed E-state index contributed by atoms with van der Waals surface area (Å²) in [6.45, 7) is 12.0. The highest BCUT2D eigenvalue weighted by atomic mass is 31.2. The fourth-order valence-corrected chi connectivity index (χ4v) is 15.8. The zero-order valence-electron chi connectivity index (χ0n) is 72.7. The standard InChI is InChI=1S/C91H178O17P2/c1-8-9-10-11-12-13-14-15-16-17-18-19-20-24-27-32-37-44-51-58-65-72-88(93)101-78-86(107-90(95)74-67-60-53-45-38-33-28-25-22-21-23-26-30-35-41-48-55-62-69-82(2)3)80-105-109(97,98)103-76-85(92)77-104-110(99,100)106-81-87(79-102-89(94)73-66-59-52-47-40-43-50-57-64-71-84(6)7)108-91(96)75-68-61-54-46-39-34-29-31-36-42-49-56-63-70-83(4)5/h82-87,92H,8-81H2,1-7H3,(H,97,98)(H,99,100)/t85-,86-,87-/m1/s1. The Hall–Kier alpha value is -1.94. The maximum Gasteiger partial charge on any atom is 0.472 e. The van der Waals surface area contributed by atoms with Crippen LogP contribution in [0, 0.1) is 17.8 Å². The van der Waals surface area contributed by atoms with Crippen molar-refractivity contribution in [3.63, 3.8) is 0 Å². The summed E-state index contributed by atoms with van der Waals surface area (Å²) in [5, 5.41) is 10.7. The van der Waals surface area contributed by atoms with Crippen LogP contribution in [0.2, 0.25) is 0 Å². The minimum Gasteiger partial charge on any atom is -0.462 e. The second kappa shape index (κ2) is 80.8. The first-order valence-corrected chi connectivity index (χ1v) is 49.8. The van der Waals surface area contributed by atoms with Gasteiger partial charge in [-0.15, -0.1) is 0 Å². The van der Waals surface area contributed by atoms with Crippen molar-refractivity contribution in [2.45, 2.75) is 503 Å². The lowest BCUT2D eigenvalue weighted by molar-refractivity contribution is -0.161. The van der Waals surface area contributed by atoms with Gasteiger partial charge in [-0.25, -0.2) is 9.13 Å². The molecule has 0 fully saturated rings. The van der Waals surface area contributed by atoms with E-state index in [1.807, 2.05) is 0 Å². The van der Waals surface area contributed by atoms with Gasteiger partial charge in [-0.1, -0.05) is 434 Å². The fourth-order valence-electron chi connectivity index (χ4n) is 14.3. The molecule has 2 unspecified atom stereocenters. The van der Waals surface area contributed by atoms with Gasteiger partial charge in [0.1, 0.15) is 19.3 Å².